The van der Waals surface area contributed by atoms with Crippen LogP contribution in [0.3, 0.4) is 0 Å². The number of rotatable bonds is 2. The number of piperidine rings is 1. The second-order valence-corrected chi connectivity index (χ2v) is 6.21. The van der Waals surface area contributed by atoms with E-state index in [-0.39, 0.29) is 23.9 Å². The summed E-state index contributed by atoms with van der Waals surface area (Å²) in [6, 6.07) is 5.30. The molecule has 0 spiro atoms. The largest absolute Gasteiger partial charge is 0.347 e. The number of halogens is 3. The Morgan fingerprint density at radius 3 is 2.63 bits per heavy atom. The van der Waals surface area contributed by atoms with Gasteiger partial charge < -0.3 is 10.6 Å². The molecule has 0 unspecified atom stereocenters. The Hall–Kier alpha value is -0.290. The number of carbonyl (C=O) groups is 1. The second kappa shape index (κ2) is 6.93. The summed E-state index contributed by atoms with van der Waals surface area (Å²) in [5.74, 6) is -0.100. The molecule has 2 N–H and O–H groups in total. The Morgan fingerprint density at radius 1 is 1.42 bits per heavy atom. The predicted octanol–water partition coefficient (Wildman–Crippen LogP) is 3.40. The van der Waals surface area contributed by atoms with Crippen LogP contribution in [0.5, 0.6) is 0 Å². The lowest BCUT2D eigenvalue weighted by Crippen LogP contribution is -2.52. The molecule has 1 amide bonds. The van der Waals surface area contributed by atoms with Gasteiger partial charge >= 0.3 is 0 Å². The molecule has 0 atom stereocenters. The Labute approximate surface area is 133 Å². The van der Waals surface area contributed by atoms with E-state index in [9.17, 15) is 4.79 Å². The van der Waals surface area contributed by atoms with Gasteiger partial charge in [-0.25, -0.2) is 0 Å². The molecule has 3 nitrogen and oxygen atoms in total. The standard InChI is InChI=1S/C13H16BrClN2O.ClH/c1-13(4-6-16-7-5-13)17-12(18)10-3-2-9(14)8-11(10)15;/h2-3,8,16H,4-7H2,1H3,(H,17,18);1H. The molecule has 1 fully saturated rings. The highest BCUT2D eigenvalue weighted by molar-refractivity contribution is 9.10. The van der Waals surface area contributed by atoms with Crippen molar-refractivity contribution in [2.45, 2.75) is 25.3 Å². The van der Waals surface area contributed by atoms with Crippen molar-refractivity contribution < 1.29 is 4.79 Å². The second-order valence-electron chi connectivity index (χ2n) is 4.89. The van der Waals surface area contributed by atoms with E-state index in [1.54, 1.807) is 12.1 Å². The zero-order valence-electron chi connectivity index (χ0n) is 10.6. The first-order chi connectivity index (χ1) is 8.50. The predicted molar refractivity (Wildman–Crippen MR) is 84.4 cm³/mol. The molecular formula is C13H17BrCl2N2O. The Kier molecular flexibility index (Phi) is 6.12. The van der Waals surface area contributed by atoms with Gasteiger partial charge in [0, 0.05) is 10.0 Å². The first kappa shape index (κ1) is 16.8. The quantitative estimate of drug-likeness (QED) is 0.841. The average Bonchev–Trinajstić information content (AvgIpc) is 2.28. The van der Waals surface area contributed by atoms with E-state index in [1.807, 2.05) is 6.07 Å². The Morgan fingerprint density at radius 2 is 2.05 bits per heavy atom. The van der Waals surface area contributed by atoms with Crippen LogP contribution >= 0.6 is 39.9 Å². The van der Waals surface area contributed by atoms with Crippen LogP contribution in [0.4, 0.5) is 0 Å². The SMILES string of the molecule is CC1(NC(=O)c2ccc(Br)cc2Cl)CCNCC1.Cl. The van der Waals surface area contributed by atoms with E-state index in [4.69, 9.17) is 11.6 Å². The number of nitrogens with one attached hydrogen (secondary N) is 2. The van der Waals surface area contributed by atoms with Crippen molar-refractivity contribution in [3.8, 4) is 0 Å². The number of amides is 1. The third kappa shape index (κ3) is 4.35. The van der Waals surface area contributed by atoms with Crippen molar-refractivity contribution in [1.82, 2.24) is 10.6 Å². The summed E-state index contributed by atoms with van der Waals surface area (Å²) in [7, 11) is 0. The maximum atomic E-state index is 12.2. The molecule has 1 saturated heterocycles. The minimum atomic E-state index is -0.140. The molecule has 0 radical (unpaired) electrons. The molecule has 0 aromatic heterocycles. The fourth-order valence-corrected chi connectivity index (χ4v) is 2.88. The summed E-state index contributed by atoms with van der Waals surface area (Å²) in [6.07, 6.45) is 1.87. The van der Waals surface area contributed by atoms with Gasteiger partial charge in [0.2, 0.25) is 0 Å². The van der Waals surface area contributed by atoms with Gasteiger partial charge in [-0.15, -0.1) is 12.4 Å². The van der Waals surface area contributed by atoms with Gasteiger partial charge in [-0.3, -0.25) is 4.79 Å². The lowest BCUT2D eigenvalue weighted by Gasteiger charge is -2.35. The van der Waals surface area contributed by atoms with Crippen molar-refractivity contribution in [2.75, 3.05) is 13.1 Å². The van der Waals surface area contributed by atoms with Crippen molar-refractivity contribution >= 4 is 45.8 Å². The van der Waals surface area contributed by atoms with Crippen LogP contribution in [0.25, 0.3) is 0 Å². The fourth-order valence-electron chi connectivity index (χ4n) is 2.12. The van der Waals surface area contributed by atoms with Gasteiger partial charge in [-0.2, -0.15) is 0 Å². The Balaban J connectivity index is 0.00000180. The molecule has 2 rings (SSSR count). The third-order valence-corrected chi connectivity index (χ3v) is 4.10. The molecule has 0 bridgehead atoms. The van der Waals surface area contributed by atoms with Gasteiger partial charge in [0.15, 0.2) is 0 Å². The average molecular weight is 368 g/mol. The number of hydrogen-bond donors (Lipinski definition) is 2. The first-order valence-electron chi connectivity index (χ1n) is 5.98. The maximum absolute atomic E-state index is 12.2. The number of carbonyl (C=O) groups excluding carboxylic acids is 1. The summed E-state index contributed by atoms with van der Waals surface area (Å²) in [5, 5.41) is 6.85. The normalized spacial score (nSPS) is 17.4. The molecule has 1 aliphatic heterocycles. The molecule has 1 heterocycles. The van der Waals surface area contributed by atoms with Gasteiger partial charge in [0.05, 0.1) is 10.6 Å². The van der Waals surface area contributed by atoms with Crippen LogP contribution in [0, 0.1) is 0 Å². The molecule has 0 aliphatic carbocycles. The highest BCUT2D eigenvalue weighted by Gasteiger charge is 2.29. The van der Waals surface area contributed by atoms with E-state index in [0.29, 0.717) is 10.6 Å². The highest BCUT2D eigenvalue weighted by atomic mass is 79.9. The Bertz CT molecular complexity index is 462. The van der Waals surface area contributed by atoms with Crippen LogP contribution in [-0.4, -0.2) is 24.5 Å². The smallest absolute Gasteiger partial charge is 0.253 e. The van der Waals surface area contributed by atoms with E-state index >= 15 is 0 Å². The minimum absolute atomic E-state index is 0. The van der Waals surface area contributed by atoms with Crippen LogP contribution in [0.1, 0.15) is 30.1 Å². The van der Waals surface area contributed by atoms with Gasteiger partial charge in [0.25, 0.3) is 5.91 Å². The molecule has 6 heteroatoms. The van der Waals surface area contributed by atoms with E-state index in [0.717, 1.165) is 30.4 Å². The molecule has 1 aromatic rings. The molecular weight excluding hydrogens is 351 g/mol. The van der Waals surface area contributed by atoms with Crippen LogP contribution < -0.4 is 10.6 Å². The lowest BCUT2D eigenvalue weighted by atomic mass is 9.90. The zero-order chi connectivity index (χ0) is 13.2. The summed E-state index contributed by atoms with van der Waals surface area (Å²) >= 11 is 9.41. The first-order valence-corrected chi connectivity index (χ1v) is 7.16. The van der Waals surface area contributed by atoms with Crippen molar-refractivity contribution in [3.05, 3.63) is 33.3 Å². The molecule has 1 aliphatic rings. The van der Waals surface area contributed by atoms with Crippen molar-refractivity contribution in [2.24, 2.45) is 0 Å². The molecule has 19 heavy (non-hydrogen) atoms. The van der Waals surface area contributed by atoms with Gasteiger partial charge in [0.1, 0.15) is 0 Å². The third-order valence-electron chi connectivity index (χ3n) is 3.30. The minimum Gasteiger partial charge on any atom is -0.347 e. The summed E-state index contributed by atoms with van der Waals surface area (Å²) in [6.45, 7) is 3.95. The zero-order valence-corrected chi connectivity index (χ0v) is 13.8. The number of benzene rings is 1. The molecule has 106 valence electrons. The van der Waals surface area contributed by atoms with Crippen molar-refractivity contribution in [3.63, 3.8) is 0 Å². The monoisotopic (exact) mass is 366 g/mol. The summed E-state index contributed by atoms with van der Waals surface area (Å²) < 4.78 is 0.872. The van der Waals surface area contributed by atoms with Crippen molar-refractivity contribution in [1.29, 1.82) is 0 Å². The molecule has 1 aromatic carbocycles. The van der Waals surface area contributed by atoms with Crippen LogP contribution in [0.15, 0.2) is 22.7 Å². The van der Waals surface area contributed by atoms with E-state index in [1.165, 1.54) is 0 Å². The number of hydrogen-bond acceptors (Lipinski definition) is 2. The van der Waals surface area contributed by atoms with Crippen LogP contribution in [0.2, 0.25) is 5.02 Å². The fraction of sp³-hybridized carbons (Fsp3) is 0.462. The van der Waals surface area contributed by atoms with Gasteiger partial charge in [-0.1, -0.05) is 27.5 Å². The summed E-state index contributed by atoms with van der Waals surface area (Å²) in [5.41, 5.74) is 0.387. The topological polar surface area (TPSA) is 41.1 Å². The van der Waals surface area contributed by atoms with E-state index < -0.39 is 0 Å². The highest BCUT2D eigenvalue weighted by Crippen LogP contribution is 2.23. The lowest BCUT2D eigenvalue weighted by molar-refractivity contribution is 0.0887. The maximum Gasteiger partial charge on any atom is 0.253 e. The van der Waals surface area contributed by atoms with Crippen LogP contribution in [-0.2, 0) is 0 Å². The summed E-state index contributed by atoms with van der Waals surface area (Å²) in [4.78, 5) is 12.2. The van der Waals surface area contributed by atoms with Gasteiger partial charge in [-0.05, 0) is 51.1 Å². The van der Waals surface area contributed by atoms with E-state index in [2.05, 4.69) is 33.5 Å². The molecule has 0 saturated carbocycles.